The number of hydrogen-bond donors (Lipinski definition) is 0. The van der Waals surface area contributed by atoms with Crippen LogP contribution >= 0.6 is 0 Å². The van der Waals surface area contributed by atoms with E-state index in [4.69, 9.17) is 0 Å². The molecule has 0 aromatic heterocycles. The molecule has 0 N–H and O–H groups in total. The SMILES string of the molecule is CCCCCCCCCCCCCCCCC#CCCc1ccccc1C1=C(CCCC)C(CCCCCC)=C(c2ccccc2CCC#CCCCCCCCCCCCCCCCC)[N+]1=[N-].CCCCCCCC[CH2][Pd][CH2]CCCCCCCC. The van der Waals surface area contributed by atoms with Crippen LogP contribution in [0.2, 0.25) is 9.79 Å². The Morgan fingerprint density at radius 3 is 0.851 bits per heavy atom. The molecule has 0 radical (unpaired) electrons. The second kappa shape index (κ2) is 62.1. The normalized spacial score (nSPS) is 12.2. The molecule has 3 rings (SSSR count). The van der Waals surface area contributed by atoms with Crippen molar-refractivity contribution in [3.8, 4) is 23.7 Å². The Morgan fingerprint density at radius 1 is 0.276 bits per heavy atom. The van der Waals surface area contributed by atoms with Crippen molar-refractivity contribution in [2.45, 2.75) is 411 Å². The molecule has 1 aliphatic heterocycles. The Hall–Kier alpha value is -2.70. The van der Waals surface area contributed by atoms with E-state index in [2.05, 4.69) is 114 Å². The third kappa shape index (κ3) is 42.9. The molecule has 498 valence electrons. The van der Waals surface area contributed by atoms with E-state index in [9.17, 15) is 5.53 Å². The van der Waals surface area contributed by atoms with E-state index in [1.165, 1.54) is 332 Å². The summed E-state index contributed by atoms with van der Waals surface area (Å²) in [6.45, 7) is 13.8. The molecule has 0 fully saturated rings. The third-order valence-electron chi connectivity index (χ3n) is 18.2. The number of rotatable bonds is 58. The molecule has 2 aromatic carbocycles. The number of allylic oxidation sites excluding steroid dienone is 2. The van der Waals surface area contributed by atoms with E-state index in [0.717, 1.165) is 100 Å². The summed E-state index contributed by atoms with van der Waals surface area (Å²) in [7, 11) is 0. The van der Waals surface area contributed by atoms with Crippen LogP contribution in [-0.2, 0) is 30.8 Å². The van der Waals surface area contributed by atoms with Gasteiger partial charge in [0.2, 0.25) is 11.4 Å². The number of benzene rings is 2. The molecular weight excluding hydrogens is 1140 g/mol. The standard InChI is InChI=1S/C66H104N2.2C9H19.Pd/c1-5-9-13-16-18-20-22-24-26-28-30-32-34-36-38-40-42-44-51-59-53-47-49-56-61(59)65-63(55-12-8-4)64(58-46-15-11-7-3)66(68(65)67)62-57-50-48-54-60(62)52-45-43-41-39-37-35-33-31-29-27-25-23-21-19-17-14-10-6-2;2*1-3-5-7-9-8-6-4-2;/h47-50,53-54,56-57H,5-39,44-46,51-52,55,58H2,1-4H3;2*1,3-9H2,2H3;. The molecule has 0 saturated carbocycles. The summed E-state index contributed by atoms with van der Waals surface area (Å²) in [5.74, 6) is 14.1. The summed E-state index contributed by atoms with van der Waals surface area (Å²) in [5, 5.41) is 0. The Kier molecular flexibility index (Phi) is 57.4. The fourth-order valence-electron chi connectivity index (χ4n) is 12.6. The van der Waals surface area contributed by atoms with Crippen molar-refractivity contribution in [2.75, 3.05) is 0 Å². The summed E-state index contributed by atoms with van der Waals surface area (Å²) >= 11 is 1.07. The van der Waals surface area contributed by atoms with Gasteiger partial charge in [-0.2, -0.15) is 0 Å². The Morgan fingerprint density at radius 2 is 0.529 bits per heavy atom. The number of unbranched alkanes of at least 4 members (excludes halogenated alkanes) is 44. The molecule has 1 heterocycles. The topological polar surface area (TPSA) is 25.3 Å². The zero-order valence-corrected chi connectivity index (χ0v) is 60.4. The van der Waals surface area contributed by atoms with Crippen LogP contribution in [0.5, 0.6) is 0 Å². The van der Waals surface area contributed by atoms with Gasteiger partial charge in [0.1, 0.15) is 0 Å². The van der Waals surface area contributed by atoms with Crippen LogP contribution < -0.4 is 0 Å². The first-order chi connectivity index (χ1) is 43.1. The van der Waals surface area contributed by atoms with Gasteiger partial charge in [0.05, 0.1) is 0 Å². The molecule has 2 nitrogen and oxygen atoms in total. The molecule has 1 aliphatic rings. The van der Waals surface area contributed by atoms with Crippen molar-refractivity contribution in [1.82, 2.24) is 0 Å². The molecule has 87 heavy (non-hydrogen) atoms. The van der Waals surface area contributed by atoms with Gasteiger partial charge in [0.25, 0.3) is 0 Å². The predicted molar refractivity (Wildman–Crippen MR) is 386 cm³/mol. The molecule has 0 unspecified atom stereocenters. The zero-order chi connectivity index (χ0) is 62.4. The fourth-order valence-corrected chi connectivity index (χ4v) is 14.6. The van der Waals surface area contributed by atoms with E-state index >= 15 is 0 Å². The van der Waals surface area contributed by atoms with Gasteiger partial charge < -0.3 is 5.53 Å². The van der Waals surface area contributed by atoms with Gasteiger partial charge in [0.15, 0.2) is 0 Å². The predicted octanol–water partition coefficient (Wildman–Crippen LogP) is 29.0. The minimum atomic E-state index is 0.853. The average Bonchev–Trinajstić information content (AvgIpc) is 1.65. The van der Waals surface area contributed by atoms with E-state index in [1.807, 2.05) is 0 Å². The van der Waals surface area contributed by atoms with Gasteiger partial charge in [0, 0.05) is 48.0 Å². The van der Waals surface area contributed by atoms with Crippen LogP contribution in [0, 0.1) is 23.7 Å². The molecule has 0 atom stereocenters. The zero-order valence-electron chi connectivity index (χ0n) is 58.8. The molecule has 0 bridgehead atoms. The fraction of sp³-hybridized carbons (Fsp3) is 0.762. The Labute approximate surface area is 552 Å². The van der Waals surface area contributed by atoms with Crippen molar-refractivity contribution in [3.05, 3.63) is 87.5 Å². The van der Waals surface area contributed by atoms with Crippen molar-refractivity contribution < 1.29 is 22.7 Å². The second-order valence-electron chi connectivity index (χ2n) is 26.3. The van der Waals surface area contributed by atoms with Crippen molar-refractivity contribution in [1.29, 1.82) is 0 Å². The summed E-state index contributed by atoms with van der Waals surface area (Å²) in [6.07, 6.45) is 74.1. The molecule has 0 saturated heterocycles. The summed E-state index contributed by atoms with van der Waals surface area (Å²) in [4.78, 5) is 3.08. The quantitative estimate of drug-likeness (QED) is 0.0273. The van der Waals surface area contributed by atoms with Crippen LogP contribution in [0.4, 0.5) is 0 Å². The van der Waals surface area contributed by atoms with Crippen molar-refractivity contribution in [3.63, 3.8) is 0 Å². The molecule has 3 heteroatoms. The van der Waals surface area contributed by atoms with E-state index in [0.29, 0.717) is 0 Å². The van der Waals surface area contributed by atoms with Crippen LogP contribution in [0.25, 0.3) is 16.9 Å². The Bertz CT molecular complexity index is 2070. The second-order valence-corrected chi connectivity index (χ2v) is 28.6. The van der Waals surface area contributed by atoms with Gasteiger partial charge in [-0.05, 0) is 74.6 Å². The molecular formula is C84H142N2Pd. The van der Waals surface area contributed by atoms with Crippen LogP contribution in [-0.4, -0.2) is 4.70 Å². The number of nitrogens with zero attached hydrogens (tertiary/aromatic N) is 2. The average molecular weight is 1290 g/mol. The van der Waals surface area contributed by atoms with E-state index < -0.39 is 0 Å². The van der Waals surface area contributed by atoms with Crippen LogP contribution in [0.1, 0.15) is 411 Å². The van der Waals surface area contributed by atoms with Crippen molar-refractivity contribution in [2.24, 2.45) is 0 Å². The maximum absolute atomic E-state index is 12.6. The van der Waals surface area contributed by atoms with Crippen LogP contribution in [0.3, 0.4) is 0 Å². The molecule has 2 aromatic rings. The minimum absolute atomic E-state index is 0.853. The maximum atomic E-state index is 12.6. The van der Waals surface area contributed by atoms with Gasteiger partial charge >= 0.3 is 132 Å². The molecule has 0 amide bonds. The van der Waals surface area contributed by atoms with E-state index in [-0.39, 0.29) is 0 Å². The summed E-state index contributed by atoms with van der Waals surface area (Å²) in [5.41, 5.74) is 22.2. The summed E-state index contributed by atoms with van der Waals surface area (Å²) in [6, 6.07) is 17.7. The monoisotopic (exact) mass is 1290 g/mol. The first kappa shape index (κ1) is 80.4. The Balaban J connectivity index is 0.00000116. The third-order valence-corrected chi connectivity index (χ3v) is 20.4. The first-order valence-electron chi connectivity index (χ1n) is 38.6. The van der Waals surface area contributed by atoms with Crippen molar-refractivity contribution >= 4 is 11.4 Å². The molecule has 0 spiro atoms. The van der Waals surface area contributed by atoms with Gasteiger partial charge in [-0.1, -0.05) is 257 Å². The first-order valence-corrected chi connectivity index (χ1v) is 40.8. The van der Waals surface area contributed by atoms with Gasteiger partial charge in [-0.3, -0.25) is 0 Å². The van der Waals surface area contributed by atoms with Gasteiger partial charge in [-0.25, -0.2) is 4.70 Å². The van der Waals surface area contributed by atoms with Gasteiger partial charge in [-0.15, -0.1) is 23.7 Å². The van der Waals surface area contributed by atoms with E-state index in [1.54, 1.807) is 4.70 Å². The number of hydrogen-bond acceptors (Lipinski definition) is 0. The number of aryl methyl sites for hydroxylation is 2. The molecule has 0 aliphatic carbocycles. The summed E-state index contributed by atoms with van der Waals surface area (Å²) < 4.78 is 1.61. The van der Waals surface area contributed by atoms with Crippen LogP contribution in [0.15, 0.2) is 59.7 Å².